The number of thiol groups is 1. The molecule has 0 aromatic heterocycles. The zero-order valence-corrected chi connectivity index (χ0v) is 26.7. The van der Waals surface area contributed by atoms with E-state index in [9.17, 15) is 43.2 Å². The molecular weight excluding hydrogens is 644 g/mol. The number of carboxylic acid groups (broad SMARTS) is 2. The number of aliphatic carboxylic acids is 2. The van der Waals surface area contributed by atoms with Crippen LogP contribution in [0.1, 0.15) is 45.4 Å². The van der Waals surface area contributed by atoms with Crippen molar-refractivity contribution >= 4 is 65.9 Å². The molecule has 2 saturated heterocycles. The third-order valence-electron chi connectivity index (χ3n) is 7.38. The second kappa shape index (κ2) is 19.3. The van der Waals surface area contributed by atoms with Crippen molar-refractivity contribution in [2.75, 3.05) is 38.5 Å². The fraction of sp³-hybridized carbons (Fsp3) is 0.667. The van der Waals surface area contributed by atoms with Crippen molar-refractivity contribution in [3.63, 3.8) is 0 Å². The summed E-state index contributed by atoms with van der Waals surface area (Å²) in [5, 5.41) is 35.1. The number of amides is 7. The van der Waals surface area contributed by atoms with Gasteiger partial charge in [-0.05, 0) is 45.6 Å². The molecule has 5 atom stereocenters. The molecule has 2 heterocycles. The summed E-state index contributed by atoms with van der Waals surface area (Å²) < 4.78 is 0. The zero-order valence-electron chi connectivity index (χ0n) is 25.8. The topological polar surface area (TPSA) is 282 Å². The number of carbonyl (C=O) groups is 9. The molecule has 2 aliphatic rings. The van der Waals surface area contributed by atoms with Crippen LogP contribution in [0.2, 0.25) is 0 Å². The van der Waals surface area contributed by atoms with Crippen molar-refractivity contribution in [1.29, 1.82) is 0 Å². The zero-order chi connectivity index (χ0) is 35.1. The van der Waals surface area contributed by atoms with Gasteiger partial charge in [-0.3, -0.25) is 38.4 Å². The predicted octanol–water partition coefficient (Wildman–Crippen LogP) is -4.57. The first-order valence-electron chi connectivity index (χ1n) is 15.0. The van der Waals surface area contributed by atoms with Crippen LogP contribution in [-0.2, 0) is 43.2 Å². The highest BCUT2D eigenvalue weighted by Crippen LogP contribution is 2.18. The Labute approximate surface area is 275 Å². The summed E-state index contributed by atoms with van der Waals surface area (Å²) in [6.45, 7) is 0.703. The molecule has 2 rings (SSSR count). The van der Waals surface area contributed by atoms with Crippen LogP contribution in [0.5, 0.6) is 0 Å². The Morgan fingerprint density at radius 2 is 1.47 bits per heavy atom. The second-order valence-corrected chi connectivity index (χ2v) is 11.3. The summed E-state index contributed by atoms with van der Waals surface area (Å²) >= 11 is 3.81. The maximum Gasteiger partial charge on any atom is 0.327 e. The Kier molecular flexibility index (Phi) is 15.9. The Morgan fingerprint density at radius 3 is 2.06 bits per heavy atom. The molecular formula is C27H42N8O11S. The number of carboxylic acids is 2. The number of hydrogen-bond acceptors (Lipinski definition) is 11. The van der Waals surface area contributed by atoms with Crippen molar-refractivity contribution in [1.82, 2.24) is 42.1 Å². The quantitative estimate of drug-likeness (QED) is 0.0610. The number of hydrogen-bond donors (Lipinski definition) is 10. The van der Waals surface area contributed by atoms with Crippen LogP contribution in [0.3, 0.4) is 0 Å². The molecule has 0 radical (unpaired) electrons. The van der Waals surface area contributed by atoms with Crippen molar-refractivity contribution in [3.8, 4) is 0 Å². The number of carbonyl (C=O) groups excluding carboxylic acids is 7. The molecule has 2 fully saturated rings. The largest absolute Gasteiger partial charge is 0.481 e. The van der Waals surface area contributed by atoms with Crippen LogP contribution in [0.25, 0.3) is 0 Å². The van der Waals surface area contributed by atoms with Crippen molar-refractivity contribution in [2.45, 2.75) is 75.7 Å². The molecule has 19 nitrogen and oxygen atoms in total. The average Bonchev–Trinajstić information content (AvgIpc) is 3.75. The summed E-state index contributed by atoms with van der Waals surface area (Å²) in [4.78, 5) is 111. The lowest BCUT2D eigenvalue weighted by Crippen LogP contribution is -2.55. The van der Waals surface area contributed by atoms with Gasteiger partial charge >= 0.3 is 11.9 Å². The standard InChI is InChI=1S/C27H42N8O11S/c1-14(23(41)29-11-20(37)33-17(13-47)27(45)46)32-19(36)10-30-25(43)16(6-7-22(39)40)34-26(44)18-5-3-9-35(18)21(38)12-31-24(42)15-4-2-8-28-15/h14-18,28,47H,2-13H2,1H3,(H,29,41)(H,30,43)(H,31,42)(H,32,36)(H,33,37)(H,34,44)(H,39,40)(H,45,46)/t14-,15-,16-,17-,18-/m0/s1. The maximum atomic E-state index is 13.1. The minimum absolute atomic E-state index is 0.174. The van der Waals surface area contributed by atoms with E-state index < -0.39 is 91.1 Å². The molecule has 2 aliphatic heterocycles. The summed E-state index contributed by atoms with van der Waals surface area (Å²) in [5.74, 6) is -7.51. The molecule has 47 heavy (non-hydrogen) atoms. The summed E-state index contributed by atoms with van der Waals surface area (Å²) in [6, 6.07) is -5.14. The van der Waals surface area contributed by atoms with E-state index in [0.717, 1.165) is 6.42 Å². The molecule has 20 heteroatoms. The third kappa shape index (κ3) is 13.1. The van der Waals surface area contributed by atoms with Crippen LogP contribution in [0.15, 0.2) is 0 Å². The first-order chi connectivity index (χ1) is 22.2. The summed E-state index contributed by atoms with van der Waals surface area (Å²) in [7, 11) is 0. The van der Waals surface area contributed by atoms with E-state index in [1.807, 2.05) is 0 Å². The van der Waals surface area contributed by atoms with Crippen LogP contribution >= 0.6 is 12.6 Å². The Balaban J connectivity index is 1.87. The van der Waals surface area contributed by atoms with Gasteiger partial charge < -0.3 is 52.3 Å². The van der Waals surface area contributed by atoms with E-state index in [0.29, 0.717) is 19.4 Å². The van der Waals surface area contributed by atoms with Gasteiger partial charge in [0.05, 0.1) is 25.7 Å². The number of nitrogens with zero attached hydrogens (tertiary/aromatic N) is 1. The molecule has 0 unspecified atom stereocenters. The molecule has 0 spiro atoms. The molecule has 9 N–H and O–H groups in total. The van der Waals surface area contributed by atoms with E-state index in [1.165, 1.54) is 11.8 Å². The highest BCUT2D eigenvalue weighted by molar-refractivity contribution is 7.80. The minimum Gasteiger partial charge on any atom is -0.481 e. The van der Waals surface area contributed by atoms with E-state index >= 15 is 0 Å². The molecule has 0 saturated carbocycles. The predicted molar refractivity (Wildman–Crippen MR) is 165 cm³/mol. The highest BCUT2D eigenvalue weighted by atomic mass is 32.1. The monoisotopic (exact) mass is 686 g/mol. The van der Waals surface area contributed by atoms with Crippen molar-refractivity contribution in [2.24, 2.45) is 0 Å². The fourth-order valence-electron chi connectivity index (χ4n) is 4.84. The van der Waals surface area contributed by atoms with Crippen LogP contribution in [-0.4, -0.2) is 137 Å². The average molecular weight is 687 g/mol. The van der Waals surface area contributed by atoms with Crippen LogP contribution < -0.4 is 37.2 Å². The van der Waals surface area contributed by atoms with Crippen molar-refractivity contribution < 1.29 is 53.4 Å². The Bertz CT molecular complexity index is 1210. The molecule has 7 amide bonds. The summed E-state index contributed by atoms with van der Waals surface area (Å²) in [6.07, 6.45) is 1.45. The maximum absolute atomic E-state index is 13.1. The molecule has 0 aliphatic carbocycles. The molecule has 0 aromatic carbocycles. The van der Waals surface area contributed by atoms with Crippen molar-refractivity contribution in [3.05, 3.63) is 0 Å². The number of nitrogens with one attached hydrogen (secondary N) is 7. The summed E-state index contributed by atoms with van der Waals surface area (Å²) in [5.41, 5.74) is 0. The van der Waals surface area contributed by atoms with Gasteiger partial charge in [-0.1, -0.05) is 0 Å². The lowest BCUT2D eigenvalue weighted by Gasteiger charge is -2.26. The highest BCUT2D eigenvalue weighted by Gasteiger charge is 2.36. The third-order valence-corrected chi connectivity index (χ3v) is 7.74. The van der Waals surface area contributed by atoms with Gasteiger partial charge in [-0.25, -0.2) is 4.79 Å². The molecule has 262 valence electrons. The lowest BCUT2D eigenvalue weighted by atomic mass is 10.1. The number of rotatable bonds is 18. The Hall–Kier alpha value is -4.46. The van der Waals surface area contributed by atoms with E-state index in [4.69, 9.17) is 10.2 Å². The van der Waals surface area contributed by atoms with Crippen LogP contribution in [0, 0.1) is 0 Å². The van der Waals surface area contributed by atoms with Crippen LogP contribution in [0.4, 0.5) is 0 Å². The second-order valence-electron chi connectivity index (χ2n) is 11.0. The fourth-order valence-corrected chi connectivity index (χ4v) is 5.09. The van der Waals surface area contributed by atoms with Gasteiger partial charge in [-0.2, -0.15) is 12.6 Å². The van der Waals surface area contributed by atoms with Gasteiger partial charge in [0, 0.05) is 18.7 Å². The normalized spacial score (nSPS) is 19.0. The first kappa shape index (κ1) is 38.7. The number of likely N-dealkylation sites (tertiary alicyclic amines) is 1. The molecule has 0 aromatic rings. The van der Waals surface area contributed by atoms with E-state index in [-0.39, 0.29) is 43.6 Å². The van der Waals surface area contributed by atoms with Gasteiger partial charge in [0.15, 0.2) is 0 Å². The van der Waals surface area contributed by atoms with Gasteiger partial charge in [0.25, 0.3) is 0 Å². The van der Waals surface area contributed by atoms with Gasteiger partial charge in [-0.15, -0.1) is 0 Å². The molecule has 0 bridgehead atoms. The SMILES string of the molecule is C[C@H](NC(=O)CNC(=O)[C@H](CCC(=O)O)NC(=O)[C@@H]1CCCN1C(=O)CNC(=O)[C@@H]1CCCN1)C(=O)NCC(=O)N[C@@H](CS)C(=O)O. The minimum atomic E-state index is -1.37. The van der Waals surface area contributed by atoms with E-state index in [2.05, 4.69) is 49.8 Å². The lowest BCUT2D eigenvalue weighted by molar-refractivity contribution is -0.141. The van der Waals surface area contributed by atoms with Gasteiger partial charge in [0.1, 0.15) is 24.2 Å². The smallest absolute Gasteiger partial charge is 0.327 e. The van der Waals surface area contributed by atoms with E-state index in [1.54, 1.807) is 0 Å². The first-order valence-corrected chi connectivity index (χ1v) is 15.7. The van der Waals surface area contributed by atoms with Gasteiger partial charge in [0.2, 0.25) is 41.4 Å². The Morgan fingerprint density at radius 1 is 0.809 bits per heavy atom.